The van der Waals surface area contributed by atoms with E-state index < -0.39 is 0 Å². The second-order valence-electron chi connectivity index (χ2n) is 4.62. The quantitative estimate of drug-likeness (QED) is 0.823. The fourth-order valence-electron chi connectivity index (χ4n) is 2.37. The molecule has 1 amide bonds. The zero-order valence-corrected chi connectivity index (χ0v) is 11.6. The Morgan fingerprint density at radius 2 is 2.22 bits per heavy atom. The number of nitrogens with zero attached hydrogens (tertiary/aromatic N) is 1. The Bertz CT molecular complexity index is 454. The molecule has 18 heavy (non-hydrogen) atoms. The summed E-state index contributed by atoms with van der Waals surface area (Å²) in [5, 5.41) is 9.83. The van der Waals surface area contributed by atoms with Crippen molar-refractivity contribution in [3.8, 4) is 0 Å². The third kappa shape index (κ3) is 3.19. The molecule has 1 aromatic heterocycles. The van der Waals surface area contributed by atoms with Gasteiger partial charge >= 0.3 is 0 Å². The van der Waals surface area contributed by atoms with Crippen LogP contribution in [-0.2, 0) is 0 Å². The lowest BCUT2D eigenvalue weighted by Crippen LogP contribution is -2.32. The zero-order chi connectivity index (χ0) is 13.0. The summed E-state index contributed by atoms with van der Waals surface area (Å²) < 4.78 is 0. The predicted molar refractivity (Wildman–Crippen MR) is 71.8 cm³/mol. The Hall–Kier alpha value is -1.17. The lowest BCUT2D eigenvalue weighted by Gasteiger charge is -2.17. The molecule has 1 aliphatic carbocycles. The number of halogens is 1. The maximum atomic E-state index is 11.8. The number of aromatic amines is 1. The van der Waals surface area contributed by atoms with Gasteiger partial charge in [-0.05, 0) is 30.7 Å². The maximum Gasteiger partial charge on any atom is 0.271 e. The summed E-state index contributed by atoms with van der Waals surface area (Å²) >= 11 is 3.51. The second-order valence-corrected chi connectivity index (χ2v) is 5.27. The van der Waals surface area contributed by atoms with Crippen LogP contribution in [0.2, 0.25) is 0 Å². The van der Waals surface area contributed by atoms with Crippen LogP contribution < -0.4 is 10.9 Å². The van der Waals surface area contributed by atoms with Gasteiger partial charge in [0.2, 0.25) is 0 Å². The van der Waals surface area contributed by atoms with Crippen molar-refractivity contribution in [1.82, 2.24) is 15.5 Å². The van der Waals surface area contributed by atoms with Crippen molar-refractivity contribution in [2.24, 2.45) is 11.8 Å². The topological polar surface area (TPSA) is 74.8 Å². The smallest absolute Gasteiger partial charge is 0.271 e. The average molecular weight is 314 g/mol. The summed E-state index contributed by atoms with van der Waals surface area (Å²) in [6.07, 6.45) is 3.62. The number of carbonyl (C=O) groups excluding carboxylic acids is 1. The largest absolute Gasteiger partial charge is 0.350 e. The number of alkyl halides is 1. The molecule has 0 radical (unpaired) electrons. The molecule has 98 valence electrons. The number of aromatic nitrogens is 2. The molecule has 5 nitrogen and oxygen atoms in total. The van der Waals surface area contributed by atoms with E-state index in [1.165, 1.54) is 25.0 Å². The lowest BCUT2D eigenvalue weighted by atomic mass is 9.98. The van der Waals surface area contributed by atoms with Gasteiger partial charge < -0.3 is 5.32 Å². The molecule has 1 saturated carbocycles. The fraction of sp³-hybridized carbons (Fsp3) is 0.583. The molecule has 0 spiro atoms. The van der Waals surface area contributed by atoms with E-state index in [0.29, 0.717) is 18.4 Å². The van der Waals surface area contributed by atoms with Crippen LogP contribution in [-0.4, -0.2) is 28.0 Å². The summed E-state index contributed by atoms with van der Waals surface area (Å²) in [7, 11) is 0. The van der Waals surface area contributed by atoms with Crippen LogP contribution in [0.1, 0.15) is 29.8 Å². The van der Waals surface area contributed by atoms with Crippen LogP contribution in [0.5, 0.6) is 0 Å². The molecule has 1 fully saturated rings. The molecular weight excluding hydrogens is 298 g/mol. The number of rotatable bonds is 4. The third-order valence-electron chi connectivity index (χ3n) is 3.45. The van der Waals surface area contributed by atoms with Crippen LogP contribution in [0.25, 0.3) is 0 Å². The van der Waals surface area contributed by atoms with Crippen molar-refractivity contribution in [1.29, 1.82) is 0 Å². The van der Waals surface area contributed by atoms with Crippen LogP contribution in [0.15, 0.2) is 16.9 Å². The Morgan fingerprint density at radius 3 is 2.89 bits per heavy atom. The molecule has 0 aliphatic heterocycles. The number of carbonyl (C=O) groups is 1. The van der Waals surface area contributed by atoms with Crippen molar-refractivity contribution in [3.63, 3.8) is 0 Å². The third-order valence-corrected chi connectivity index (χ3v) is 4.28. The second kappa shape index (κ2) is 6.13. The first kappa shape index (κ1) is 13.3. The van der Waals surface area contributed by atoms with E-state index >= 15 is 0 Å². The number of H-pyrrole nitrogens is 1. The number of amides is 1. The fourth-order valence-corrected chi connectivity index (χ4v) is 3.22. The van der Waals surface area contributed by atoms with Gasteiger partial charge in [-0.15, -0.1) is 0 Å². The Morgan fingerprint density at radius 1 is 1.44 bits per heavy atom. The van der Waals surface area contributed by atoms with Gasteiger partial charge in [0.15, 0.2) is 0 Å². The van der Waals surface area contributed by atoms with Gasteiger partial charge in [-0.25, -0.2) is 5.10 Å². The number of nitrogens with one attached hydrogen (secondary N) is 2. The van der Waals surface area contributed by atoms with Crippen molar-refractivity contribution >= 4 is 21.8 Å². The van der Waals surface area contributed by atoms with E-state index in [1.807, 2.05) is 0 Å². The molecule has 1 aromatic rings. The first-order chi connectivity index (χ1) is 8.70. The van der Waals surface area contributed by atoms with Crippen molar-refractivity contribution in [3.05, 3.63) is 28.2 Å². The van der Waals surface area contributed by atoms with Gasteiger partial charge in [0.05, 0.1) is 0 Å². The molecule has 0 bridgehead atoms. The Kier molecular flexibility index (Phi) is 4.52. The van der Waals surface area contributed by atoms with Crippen LogP contribution >= 0.6 is 15.9 Å². The average Bonchev–Trinajstić information content (AvgIpc) is 2.84. The summed E-state index contributed by atoms with van der Waals surface area (Å²) in [5.74, 6) is 0.955. The van der Waals surface area contributed by atoms with Crippen LogP contribution in [0, 0.1) is 11.8 Å². The minimum Gasteiger partial charge on any atom is -0.350 e. The molecule has 0 aromatic carbocycles. The SMILES string of the molecule is O=C(NCC1CCCC1CBr)c1ccc(=O)[nH]n1. The number of hydrogen-bond acceptors (Lipinski definition) is 3. The predicted octanol–water partition coefficient (Wildman–Crippen LogP) is 1.31. The molecule has 2 unspecified atom stereocenters. The normalized spacial score (nSPS) is 22.9. The van der Waals surface area contributed by atoms with Gasteiger partial charge in [-0.1, -0.05) is 22.4 Å². The Labute approximate surface area is 113 Å². The molecule has 2 rings (SSSR count). The van der Waals surface area contributed by atoms with E-state index in [9.17, 15) is 9.59 Å². The maximum absolute atomic E-state index is 11.8. The van der Waals surface area contributed by atoms with Crippen molar-refractivity contribution in [2.45, 2.75) is 19.3 Å². The van der Waals surface area contributed by atoms with Gasteiger partial charge in [0, 0.05) is 17.9 Å². The molecule has 1 aliphatic rings. The molecule has 2 N–H and O–H groups in total. The van der Waals surface area contributed by atoms with Crippen LogP contribution in [0.4, 0.5) is 0 Å². The summed E-state index contributed by atoms with van der Waals surface area (Å²) in [4.78, 5) is 22.6. The summed E-state index contributed by atoms with van der Waals surface area (Å²) in [6, 6.07) is 2.74. The minimum absolute atomic E-state index is 0.230. The standard InChI is InChI=1S/C12H16BrN3O2/c13-6-8-2-1-3-9(8)7-14-12(18)10-4-5-11(17)16-15-10/h4-5,8-9H,1-3,6-7H2,(H,14,18)(H,16,17). The summed E-state index contributed by atoms with van der Waals surface area (Å²) in [6.45, 7) is 0.676. The van der Waals surface area contributed by atoms with E-state index in [4.69, 9.17) is 0 Å². The van der Waals surface area contributed by atoms with E-state index in [0.717, 1.165) is 11.8 Å². The van der Waals surface area contributed by atoms with E-state index in [2.05, 4.69) is 31.4 Å². The Balaban J connectivity index is 1.88. The van der Waals surface area contributed by atoms with Crippen LogP contribution in [0.3, 0.4) is 0 Å². The van der Waals surface area contributed by atoms with Crippen molar-refractivity contribution < 1.29 is 4.79 Å². The minimum atomic E-state index is -0.304. The lowest BCUT2D eigenvalue weighted by molar-refractivity contribution is 0.0938. The highest BCUT2D eigenvalue weighted by atomic mass is 79.9. The number of hydrogen-bond donors (Lipinski definition) is 2. The molecule has 0 saturated heterocycles. The van der Waals surface area contributed by atoms with Gasteiger partial charge in [0.1, 0.15) is 5.69 Å². The highest BCUT2D eigenvalue weighted by Gasteiger charge is 2.26. The highest BCUT2D eigenvalue weighted by Crippen LogP contribution is 2.32. The molecule has 6 heteroatoms. The summed E-state index contributed by atoms with van der Waals surface area (Å²) in [5.41, 5.74) is -0.0512. The van der Waals surface area contributed by atoms with Gasteiger partial charge in [0.25, 0.3) is 11.5 Å². The molecule has 1 heterocycles. The highest BCUT2D eigenvalue weighted by molar-refractivity contribution is 9.09. The van der Waals surface area contributed by atoms with Crippen molar-refractivity contribution in [2.75, 3.05) is 11.9 Å². The molecule has 2 atom stereocenters. The zero-order valence-electron chi connectivity index (χ0n) is 9.99. The molecular formula is C12H16BrN3O2. The van der Waals surface area contributed by atoms with Gasteiger partial charge in [-0.3, -0.25) is 9.59 Å². The van der Waals surface area contributed by atoms with E-state index in [1.54, 1.807) is 0 Å². The first-order valence-corrected chi connectivity index (χ1v) is 7.22. The monoisotopic (exact) mass is 313 g/mol. The van der Waals surface area contributed by atoms with E-state index in [-0.39, 0.29) is 17.2 Å². The first-order valence-electron chi connectivity index (χ1n) is 6.10. The van der Waals surface area contributed by atoms with Gasteiger partial charge in [-0.2, -0.15) is 5.10 Å².